The first kappa shape index (κ1) is 46.2. The molecule has 0 aliphatic carbocycles. The maximum Gasteiger partial charge on any atom is 0.272 e. The topological polar surface area (TPSA) is 160 Å². The Morgan fingerprint density at radius 1 is 1.06 bits per heavy atom. The van der Waals surface area contributed by atoms with E-state index in [0.717, 1.165) is 87.9 Å². The summed E-state index contributed by atoms with van der Waals surface area (Å²) in [5, 5.41) is 18.1. The maximum absolute atomic E-state index is 15.4. The van der Waals surface area contributed by atoms with Crippen LogP contribution in [0.1, 0.15) is 67.4 Å². The van der Waals surface area contributed by atoms with E-state index in [1.54, 1.807) is 36.3 Å². The van der Waals surface area contributed by atoms with Gasteiger partial charge in [-0.05, 0) is 92.4 Å². The monoisotopic (exact) mass is 882 g/mol. The molecule has 3 saturated heterocycles. The first-order chi connectivity index (χ1) is 30.6. The quantitative estimate of drug-likeness (QED) is 0.115. The van der Waals surface area contributed by atoms with Gasteiger partial charge in [-0.1, -0.05) is 12.1 Å². The molecule has 1 unspecified atom stereocenters. The summed E-state index contributed by atoms with van der Waals surface area (Å²) in [5.41, 5.74) is 4.48. The van der Waals surface area contributed by atoms with E-state index in [-0.39, 0.29) is 35.5 Å². The highest BCUT2D eigenvalue weighted by molar-refractivity contribution is 5.99. The number of alkyl halides is 2. The van der Waals surface area contributed by atoms with Crippen LogP contribution in [0.4, 0.5) is 20.2 Å². The van der Waals surface area contributed by atoms with Crippen molar-refractivity contribution in [3.05, 3.63) is 94.5 Å². The number of rotatable bonds is 17. The number of imide groups is 1. The molecule has 4 amide bonds. The van der Waals surface area contributed by atoms with Gasteiger partial charge in [0, 0.05) is 126 Å². The van der Waals surface area contributed by atoms with Crippen molar-refractivity contribution in [1.29, 1.82) is 10.8 Å². The molecule has 0 aromatic heterocycles. The minimum Gasteiger partial charge on any atom is -0.379 e. The number of nitrogens with one attached hydrogen (secondary N) is 3. The molecule has 2 aromatic carbocycles. The first-order valence-electron chi connectivity index (χ1n) is 22.0. The van der Waals surface area contributed by atoms with Crippen LogP contribution < -0.4 is 15.1 Å². The van der Waals surface area contributed by atoms with Gasteiger partial charge in [-0.15, -0.1) is 0 Å². The van der Waals surface area contributed by atoms with Crippen molar-refractivity contribution < 1.29 is 32.7 Å². The molecule has 5 aliphatic rings. The molecular formula is C47H60F2N10O5. The van der Waals surface area contributed by atoms with Crippen molar-refractivity contribution in [2.24, 2.45) is 0 Å². The molecule has 0 radical (unpaired) electrons. The average Bonchev–Trinajstić information content (AvgIpc) is 3.61. The molecule has 5 heterocycles. The molecule has 342 valence electrons. The Morgan fingerprint density at radius 2 is 1.80 bits per heavy atom. The van der Waals surface area contributed by atoms with E-state index in [1.807, 2.05) is 43.3 Å². The minimum atomic E-state index is -3.23. The van der Waals surface area contributed by atoms with Gasteiger partial charge in [-0.25, -0.2) is 8.78 Å². The van der Waals surface area contributed by atoms with Gasteiger partial charge in [0.15, 0.2) is 0 Å². The van der Waals surface area contributed by atoms with E-state index >= 15 is 8.78 Å². The lowest BCUT2D eigenvalue weighted by atomic mass is 9.75. The van der Waals surface area contributed by atoms with Crippen LogP contribution in [0.15, 0.2) is 77.8 Å². The maximum atomic E-state index is 15.4. The Morgan fingerprint density at radius 3 is 2.44 bits per heavy atom. The predicted molar refractivity (Wildman–Crippen MR) is 241 cm³/mol. The van der Waals surface area contributed by atoms with E-state index in [1.165, 1.54) is 15.9 Å². The summed E-state index contributed by atoms with van der Waals surface area (Å²) in [6, 6.07) is 14.0. The minimum absolute atomic E-state index is 0.0383. The van der Waals surface area contributed by atoms with Gasteiger partial charge in [-0.2, -0.15) is 0 Å². The second-order valence-corrected chi connectivity index (χ2v) is 17.9. The molecule has 7 rings (SSSR count). The van der Waals surface area contributed by atoms with Gasteiger partial charge in [0.1, 0.15) is 5.84 Å². The molecule has 0 saturated carbocycles. The first-order valence-corrected chi connectivity index (χ1v) is 22.0. The fourth-order valence-corrected chi connectivity index (χ4v) is 9.46. The highest BCUT2D eigenvalue weighted by atomic mass is 19.3. The number of amidine groups is 1. The Balaban J connectivity index is 0.931. The Hall–Kier alpha value is -5.78. The van der Waals surface area contributed by atoms with E-state index in [4.69, 9.17) is 15.6 Å². The van der Waals surface area contributed by atoms with Crippen molar-refractivity contribution >= 4 is 48.2 Å². The van der Waals surface area contributed by atoms with Crippen molar-refractivity contribution in [1.82, 2.24) is 29.8 Å². The van der Waals surface area contributed by atoms with Gasteiger partial charge in [-0.3, -0.25) is 50.0 Å². The van der Waals surface area contributed by atoms with E-state index in [9.17, 15) is 19.2 Å². The Bertz CT molecular complexity index is 2200. The number of benzene rings is 2. The third-order valence-corrected chi connectivity index (χ3v) is 13.5. The number of fused-ring (bicyclic) bond motifs is 1. The summed E-state index contributed by atoms with van der Waals surface area (Å²) < 4.78 is 36.5. The third-order valence-electron chi connectivity index (χ3n) is 13.5. The number of ether oxygens (including phenoxy) is 1. The second-order valence-electron chi connectivity index (χ2n) is 17.9. The van der Waals surface area contributed by atoms with E-state index in [0.29, 0.717) is 75.0 Å². The Labute approximate surface area is 373 Å². The molecule has 0 bridgehead atoms. The van der Waals surface area contributed by atoms with Crippen LogP contribution >= 0.6 is 0 Å². The van der Waals surface area contributed by atoms with Gasteiger partial charge in [0.25, 0.3) is 11.8 Å². The summed E-state index contributed by atoms with van der Waals surface area (Å²) in [6.45, 7) is 9.68. The third kappa shape index (κ3) is 10.1. The number of anilines is 2. The van der Waals surface area contributed by atoms with Crippen LogP contribution in [0.5, 0.6) is 0 Å². The zero-order valence-corrected chi connectivity index (χ0v) is 37.2. The molecule has 17 heteroatoms. The number of amides is 4. The zero-order chi connectivity index (χ0) is 45.8. The number of allylic oxidation sites excluding steroid dienone is 1. The number of hydrogen-bond donors (Lipinski definition) is 3. The van der Waals surface area contributed by atoms with Crippen LogP contribution in [0, 0.1) is 10.8 Å². The summed E-state index contributed by atoms with van der Waals surface area (Å²) in [6.07, 6.45) is 9.70. The van der Waals surface area contributed by atoms with Crippen molar-refractivity contribution in [3.8, 4) is 0 Å². The lowest BCUT2D eigenvalue weighted by molar-refractivity contribution is -0.125. The zero-order valence-electron chi connectivity index (χ0n) is 37.2. The van der Waals surface area contributed by atoms with Crippen molar-refractivity contribution in [2.45, 2.75) is 75.9 Å². The van der Waals surface area contributed by atoms with Crippen molar-refractivity contribution in [3.63, 3.8) is 0 Å². The molecule has 0 spiro atoms. The molecular weight excluding hydrogens is 823 g/mol. The van der Waals surface area contributed by atoms with Gasteiger partial charge in [0.05, 0.1) is 25.2 Å². The number of hydrogen-bond acceptors (Lipinski definition) is 11. The SMILES string of the molecule is CC(CCC(=O)NC=O)N1Cc2cc(N3CCN(C4CCN(CC5=CN(C=O)/C(=C\N(C)c6cccc(C7(CC(=N)N(C)C=N)COC7)c6)C(C(C)(F)F)=C5)CC4)CC3)ccc2C1=O. The number of likely N-dealkylation sites (tertiary alicyclic amines) is 1. The molecule has 1 atom stereocenters. The lowest BCUT2D eigenvalue weighted by Crippen LogP contribution is -2.53. The standard InChI is InChI=1S/C47H60F2N10O5/c1-33(8-11-44(62)52-31-60)59-26-35-21-39(9-10-40(35)45(59)63)57-18-16-56(17-19-57)37-12-14-55(15-13-37)24-34-20-41(46(2,48)49)42(58(25-34)32-61)27-53(3)38-7-5-6-36(22-38)47(28-64-29-47)23-43(51)54(4)30-50/h5-7,9-10,20-22,25,27,30-33,37,50-51H,8,11-19,23-24,26,28-29H2,1-4H3,(H,52,60,62)/b42-27-,50-30?,51-43?. The van der Waals surface area contributed by atoms with E-state index in [2.05, 4.69) is 26.1 Å². The smallest absolute Gasteiger partial charge is 0.272 e. The normalized spacial score (nSPS) is 20.5. The van der Waals surface area contributed by atoms with Crippen LogP contribution in [-0.4, -0.2) is 152 Å². The average molecular weight is 883 g/mol. The lowest BCUT2D eigenvalue weighted by Gasteiger charge is -2.43. The fraction of sp³-hybridized carbons (Fsp3) is 0.489. The summed E-state index contributed by atoms with van der Waals surface area (Å²) in [5.74, 6) is -3.33. The van der Waals surface area contributed by atoms with Gasteiger partial charge >= 0.3 is 0 Å². The number of piperazine rings is 1. The Kier molecular flexibility index (Phi) is 14.1. The van der Waals surface area contributed by atoms with Gasteiger partial charge in [0.2, 0.25) is 18.7 Å². The van der Waals surface area contributed by atoms with Crippen LogP contribution in [0.3, 0.4) is 0 Å². The molecule has 3 fully saturated rings. The number of carbonyl (C=O) groups excluding carboxylic acids is 4. The number of halogens is 2. The highest BCUT2D eigenvalue weighted by Gasteiger charge is 2.42. The van der Waals surface area contributed by atoms with Crippen LogP contribution in [0.2, 0.25) is 0 Å². The molecule has 3 N–H and O–H groups in total. The van der Waals surface area contributed by atoms with Crippen LogP contribution in [-0.2, 0) is 31.1 Å². The number of nitrogens with zero attached hydrogens (tertiary/aromatic N) is 7. The summed E-state index contributed by atoms with van der Waals surface area (Å²) in [7, 11) is 3.42. The summed E-state index contributed by atoms with van der Waals surface area (Å²) in [4.78, 5) is 61.5. The largest absolute Gasteiger partial charge is 0.379 e. The summed E-state index contributed by atoms with van der Waals surface area (Å²) >= 11 is 0. The van der Waals surface area contributed by atoms with Gasteiger partial charge < -0.3 is 24.3 Å². The fourth-order valence-electron chi connectivity index (χ4n) is 9.46. The number of piperidine rings is 1. The second kappa shape index (κ2) is 19.5. The van der Waals surface area contributed by atoms with Crippen molar-refractivity contribution in [2.75, 3.05) is 82.9 Å². The molecule has 64 heavy (non-hydrogen) atoms. The molecule has 15 nitrogen and oxygen atoms in total. The predicted octanol–water partition coefficient (Wildman–Crippen LogP) is 4.76. The number of carbonyl (C=O) groups is 4. The molecule has 5 aliphatic heterocycles. The molecule has 2 aromatic rings. The van der Waals surface area contributed by atoms with E-state index < -0.39 is 11.3 Å². The highest BCUT2D eigenvalue weighted by Crippen LogP contribution is 2.40. The van der Waals surface area contributed by atoms with Crippen LogP contribution in [0.25, 0.3) is 0 Å².